The fourth-order valence-corrected chi connectivity index (χ4v) is 4.64. The third-order valence-electron chi connectivity index (χ3n) is 7.25. The zero-order valence-electron chi connectivity index (χ0n) is 28.9. The fraction of sp³-hybridized carbons (Fsp3) is 0. The van der Waals surface area contributed by atoms with Crippen molar-refractivity contribution in [2.24, 2.45) is 0 Å². The van der Waals surface area contributed by atoms with Gasteiger partial charge in [0.05, 0.1) is 85.9 Å². The standard InChI is InChI=1S/C28H12BN8O24/c38-25(13-1-17(30(42)43)9-18(2-13)31(44)45)58-29(59-26(39)14-3-19(32(46)47)10-20(4-14)33(48)49,60-27(40)15-5-21(34(50)51)11-22(6-15)35(52)53)61-28(41)16-7-23(36(54)55)12-24(8-16)37(56)57/h1-12H/q-1. The van der Waals surface area contributed by atoms with Crippen LogP contribution in [-0.2, 0) is 18.6 Å². The minimum atomic E-state index is -5.68. The van der Waals surface area contributed by atoms with E-state index in [1.54, 1.807) is 0 Å². The highest BCUT2D eigenvalue weighted by Crippen LogP contribution is 2.31. The average molecular weight is 855 g/mol. The maximum Gasteiger partial charge on any atom is 0.785 e. The van der Waals surface area contributed by atoms with E-state index in [4.69, 9.17) is 18.6 Å². The molecule has 61 heavy (non-hydrogen) atoms. The van der Waals surface area contributed by atoms with Gasteiger partial charge >= 0.3 is 6.96 Å². The summed E-state index contributed by atoms with van der Waals surface area (Å²) in [7, 11) is 0. The van der Waals surface area contributed by atoms with Crippen molar-refractivity contribution in [2.45, 2.75) is 0 Å². The van der Waals surface area contributed by atoms with E-state index in [0.29, 0.717) is 24.3 Å². The van der Waals surface area contributed by atoms with Crippen molar-refractivity contribution in [1.82, 2.24) is 0 Å². The lowest BCUT2D eigenvalue weighted by Gasteiger charge is -2.38. The molecule has 0 unspecified atom stereocenters. The molecule has 0 amide bonds. The quantitative estimate of drug-likeness (QED) is 0.0868. The van der Waals surface area contributed by atoms with Gasteiger partial charge in [0.2, 0.25) is 0 Å². The first-order chi connectivity index (χ1) is 28.4. The van der Waals surface area contributed by atoms with Crippen LogP contribution in [0.4, 0.5) is 45.5 Å². The largest absolute Gasteiger partial charge is 0.785 e. The van der Waals surface area contributed by atoms with Crippen LogP contribution in [-0.4, -0.2) is 70.2 Å². The van der Waals surface area contributed by atoms with E-state index in [9.17, 15) is 100 Å². The van der Waals surface area contributed by atoms with Gasteiger partial charge in [-0.05, 0) is 0 Å². The molecule has 0 atom stereocenters. The number of hydrogen-bond donors (Lipinski definition) is 0. The molecular formula is C28H12BN8O24-. The van der Waals surface area contributed by atoms with Crippen LogP contribution in [0.25, 0.3) is 0 Å². The van der Waals surface area contributed by atoms with E-state index >= 15 is 0 Å². The van der Waals surface area contributed by atoms with Gasteiger partial charge in [0, 0.05) is 48.5 Å². The van der Waals surface area contributed by atoms with Gasteiger partial charge in [-0.15, -0.1) is 0 Å². The van der Waals surface area contributed by atoms with E-state index in [-0.39, 0.29) is 48.5 Å². The summed E-state index contributed by atoms with van der Waals surface area (Å²) in [5, 5.41) is 92.3. The van der Waals surface area contributed by atoms with Gasteiger partial charge in [-0.1, -0.05) is 0 Å². The van der Waals surface area contributed by atoms with E-state index < -0.39 is 138 Å². The topological polar surface area (TPSA) is 450 Å². The molecular weight excluding hydrogens is 843 g/mol. The van der Waals surface area contributed by atoms with Crippen molar-refractivity contribution >= 4 is 76.3 Å². The number of carbonyl (C=O) groups excluding carboxylic acids is 4. The number of non-ortho nitro benzene ring substituents is 8. The number of nitro groups is 8. The Labute approximate surface area is 329 Å². The summed E-state index contributed by atoms with van der Waals surface area (Å²) in [6, 6.07) is 3.09. The molecule has 0 fully saturated rings. The number of benzene rings is 4. The molecule has 4 rings (SSSR count). The van der Waals surface area contributed by atoms with Gasteiger partial charge in [0.1, 0.15) is 0 Å². The molecule has 0 bridgehead atoms. The van der Waals surface area contributed by atoms with E-state index in [0.717, 1.165) is 0 Å². The Bertz CT molecular complexity index is 2190. The molecule has 4 aromatic carbocycles. The lowest BCUT2D eigenvalue weighted by Crippen LogP contribution is -2.54. The Morgan fingerprint density at radius 3 is 0.541 bits per heavy atom. The summed E-state index contributed by atoms with van der Waals surface area (Å²) in [5.41, 5.74) is -15.1. The molecule has 0 aliphatic heterocycles. The molecule has 0 aliphatic carbocycles. The number of nitro benzene ring substituents is 8. The van der Waals surface area contributed by atoms with Crippen LogP contribution in [0.1, 0.15) is 41.4 Å². The Morgan fingerprint density at radius 2 is 0.426 bits per heavy atom. The van der Waals surface area contributed by atoms with Crippen molar-refractivity contribution in [2.75, 3.05) is 0 Å². The zero-order chi connectivity index (χ0) is 45.7. The average Bonchev–Trinajstić information content (AvgIpc) is 3.19. The van der Waals surface area contributed by atoms with Crippen molar-refractivity contribution in [3.63, 3.8) is 0 Å². The molecule has 33 heteroatoms. The van der Waals surface area contributed by atoms with E-state index in [2.05, 4.69) is 0 Å². The summed E-state index contributed by atoms with van der Waals surface area (Å²) in [6.45, 7) is -5.68. The van der Waals surface area contributed by atoms with Gasteiger partial charge < -0.3 is 18.6 Å². The molecule has 4 aromatic rings. The molecule has 0 heterocycles. The Morgan fingerprint density at radius 1 is 0.295 bits per heavy atom. The van der Waals surface area contributed by atoms with Crippen LogP contribution in [0, 0.1) is 80.9 Å². The number of carbonyl (C=O) groups is 4. The summed E-state index contributed by atoms with van der Waals surface area (Å²) in [6.07, 6.45) is 0. The molecule has 0 saturated carbocycles. The molecule has 0 aromatic heterocycles. The van der Waals surface area contributed by atoms with Crippen molar-refractivity contribution in [3.8, 4) is 0 Å². The summed E-state index contributed by atoms with van der Waals surface area (Å²) >= 11 is 0. The highest BCUT2D eigenvalue weighted by atomic mass is 16.9. The molecule has 0 spiro atoms. The maximum absolute atomic E-state index is 13.7. The van der Waals surface area contributed by atoms with Gasteiger partial charge in [-0.2, -0.15) is 0 Å². The smallest absolute Gasteiger partial charge is 0.581 e. The first-order valence-corrected chi connectivity index (χ1v) is 15.2. The molecule has 32 nitrogen and oxygen atoms in total. The molecule has 0 N–H and O–H groups in total. The van der Waals surface area contributed by atoms with E-state index in [1.807, 2.05) is 0 Å². The monoisotopic (exact) mass is 855 g/mol. The van der Waals surface area contributed by atoms with Crippen LogP contribution in [0.3, 0.4) is 0 Å². The Hall–Kier alpha value is -9.98. The lowest BCUT2D eigenvalue weighted by molar-refractivity contribution is -0.394. The molecule has 312 valence electrons. The Kier molecular flexibility index (Phi) is 12.2. The minimum Gasteiger partial charge on any atom is -0.581 e. The predicted molar refractivity (Wildman–Crippen MR) is 186 cm³/mol. The van der Waals surface area contributed by atoms with Gasteiger partial charge in [0.25, 0.3) is 69.4 Å². The first-order valence-electron chi connectivity index (χ1n) is 15.2. The normalized spacial score (nSPS) is 10.6. The van der Waals surface area contributed by atoms with E-state index in [1.165, 1.54) is 0 Å². The summed E-state index contributed by atoms with van der Waals surface area (Å²) in [4.78, 5) is 137. The second-order valence-electron chi connectivity index (χ2n) is 11.2. The predicted octanol–water partition coefficient (Wildman–Crippen LogP) is 4.12. The number of hydrogen-bond acceptors (Lipinski definition) is 24. The lowest BCUT2D eigenvalue weighted by atomic mass is 10.0. The van der Waals surface area contributed by atoms with Crippen LogP contribution in [0.5, 0.6) is 0 Å². The molecule has 0 saturated heterocycles. The summed E-state index contributed by atoms with van der Waals surface area (Å²) in [5.74, 6) is -9.05. The zero-order valence-corrected chi connectivity index (χ0v) is 28.9. The highest BCUT2D eigenvalue weighted by molar-refractivity contribution is 6.62. The van der Waals surface area contributed by atoms with Crippen molar-refractivity contribution in [1.29, 1.82) is 0 Å². The van der Waals surface area contributed by atoms with Crippen molar-refractivity contribution < 1.29 is 77.2 Å². The molecule has 0 radical (unpaired) electrons. The van der Waals surface area contributed by atoms with Crippen LogP contribution in [0.15, 0.2) is 72.8 Å². The number of rotatable bonds is 16. The second-order valence-corrected chi connectivity index (χ2v) is 11.2. The SMILES string of the molecule is O=C(O[B-](OC(=O)c1cc([N+](=O)[O-])cc([N+](=O)[O-])c1)(OC(=O)c1cc([N+](=O)[O-])cc([N+](=O)[O-])c1)OC(=O)c1cc([N+](=O)[O-])cc([N+](=O)[O-])c1)c1cc([N+](=O)[O-])cc([N+](=O)[O-])c1. The highest BCUT2D eigenvalue weighted by Gasteiger charge is 2.50. The third kappa shape index (κ3) is 10.3. The fourth-order valence-electron chi connectivity index (χ4n) is 4.64. The number of nitrogens with zero attached hydrogens (tertiary/aromatic N) is 8. The Balaban J connectivity index is 2.06. The van der Waals surface area contributed by atoms with Crippen LogP contribution < -0.4 is 0 Å². The van der Waals surface area contributed by atoms with Gasteiger partial charge in [-0.3, -0.25) is 100 Å². The first kappa shape index (κ1) is 43.7. The molecule has 0 aliphatic rings. The summed E-state index contributed by atoms with van der Waals surface area (Å²) < 4.78 is 19.5. The van der Waals surface area contributed by atoms with Gasteiger partial charge in [-0.25, -0.2) is 0 Å². The third-order valence-corrected chi connectivity index (χ3v) is 7.25. The van der Waals surface area contributed by atoms with Crippen LogP contribution in [0.2, 0.25) is 0 Å². The van der Waals surface area contributed by atoms with Gasteiger partial charge in [0.15, 0.2) is 0 Å². The van der Waals surface area contributed by atoms with Crippen molar-refractivity contribution in [3.05, 3.63) is 176 Å². The second kappa shape index (κ2) is 17.0. The van der Waals surface area contributed by atoms with Crippen LogP contribution >= 0.6 is 0 Å². The maximum atomic E-state index is 13.7. The minimum absolute atomic E-state index is 0.236.